The molecular formula is C23H21BrFN3O2. The van der Waals surface area contributed by atoms with Crippen LogP contribution in [0.15, 0.2) is 88.5 Å². The van der Waals surface area contributed by atoms with Crippen LogP contribution in [0.1, 0.15) is 11.3 Å². The van der Waals surface area contributed by atoms with Crippen molar-refractivity contribution in [3.8, 4) is 11.5 Å². The second-order valence-corrected chi connectivity index (χ2v) is 7.71. The lowest BCUT2D eigenvalue weighted by atomic mass is 10.2. The van der Waals surface area contributed by atoms with Gasteiger partial charge in [-0.2, -0.15) is 0 Å². The van der Waals surface area contributed by atoms with Crippen LogP contribution in [0.3, 0.4) is 0 Å². The number of halogens is 2. The van der Waals surface area contributed by atoms with E-state index >= 15 is 0 Å². The predicted molar refractivity (Wildman–Crippen MR) is 116 cm³/mol. The molecule has 2 aromatic carbocycles. The van der Waals surface area contributed by atoms with Crippen LogP contribution in [0, 0.1) is 5.82 Å². The minimum atomic E-state index is -0.320. The summed E-state index contributed by atoms with van der Waals surface area (Å²) >= 11 is 3.36. The van der Waals surface area contributed by atoms with Crippen LogP contribution < -0.4 is 4.74 Å². The molecule has 30 heavy (non-hydrogen) atoms. The van der Waals surface area contributed by atoms with Crippen molar-refractivity contribution in [2.45, 2.75) is 19.6 Å². The van der Waals surface area contributed by atoms with E-state index in [0.29, 0.717) is 24.6 Å². The molecule has 0 unspecified atom stereocenters. The first kappa shape index (κ1) is 20.4. The maximum atomic E-state index is 13.4. The fourth-order valence-electron chi connectivity index (χ4n) is 3.18. The Morgan fingerprint density at radius 3 is 2.60 bits per heavy atom. The van der Waals surface area contributed by atoms with Crippen LogP contribution in [0.2, 0.25) is 0 Å². The van der Waals surface area contributed by atoms with E-state index in [1.807, 2.05) is 42.9 Å². The molecule has 7 heteroatoms. The number of furan rings is 1. The van der Waals surface area contributed by atoms with Crippen molar-refractivity contribution in [2.75, 3.05) is 6.54 Å². The summed E-state index contributed by atoms with van der Waals surface area (Å²) < 4.78 is 27.7. The van der Waals surface area contributed by atoms with Crippen LogP contribution in [0.25, 0.3) is 0 Å². The van der Waals surface area contributed by atoms with Crippen molar-refractivity contribution in [3.05, 3.63) is 101 Å². The fourth-order valence-corrected chi connectivity index (χ4v) is 3.52. The van der Waals surface area contributed by atoms with Crippen LogP contribution in [-0.2, 0) is 19.6 Å². The Morgan fingerprint density at radius 2 is 1.87 bits per heavy atom. The summed E-state index contributed by atoms with van der Waals surface area (Å²) in [5, 5.41) is 0. The van der Waals surface area contributed by atoms with E-state index in [1.54, 1.807) is 18.3 Å². The van der Waals surface area contributed by atoms with Gasteiger partial charge in [0.25, 0.3) is 0 Å². The third kappa shape index (κ3) is 5.81. The van der Waals surface area contributed by atoms with Gasteiger partial charge in [-0.05, 0) is 57.9 Å². The minimum Gasteiger partial charge on any atom is -0.457 e. The van der Waals surface area contributed by atoms with Crippen molar-refractivity contribution < 1.29 is 13.5 Å². The molecule has 0 saturated heterocycles. The fraction of sp³-hybridized carbons (Fsp3) is 0.174. The molecule has 0 aliphatic carbocycles. The molecule has 4 aromatic rings. The van der Waals surface area contributed by atoms with Crippen molar-refractivity contribution in [1.29, 1.82) is 0 Å². The van der Waals surface area contributed by atoms with E-state index in [2.05, 4.69) is 36.4 Å². The van der Waals surface area contributed by atoms with Gasteiger partial charge in [-0.1, -0.05) is 18.2 Å². The zero-order valence-electron chi connectivity index (χ0n) is 16.2. The van der Waals surface area contributed by atoms with E-state index in [1.165, 1.54) is 12.1 Å². The molecule has 5 nitrogen and oxygen atoms in total. The zero-order chi connectivity index (χ0) is 20.8. The van der Waals surface area contributed by atoms with Gasteiger partial charge in [0.15, 0.2) is 4.67 Å². The van der Waals surface area contributed by atoms with Crippen molar-refractivity contribution >= 4 is 15.9 Å². The highest BCUT2D eigenvalue weighted by molar-refractivity contribution is 9.10. The van der Waals surface area contributed by atoms with E-state index in [-0.39, 0.29) is 5.82 Å². The largest absolute Gasteiger partial charge is 0.457 e. The molecule has 4 rings (SSSR count). The third-order valence-electron chi connectivity index (χ3n) is 4.58. The summed E-state index contributed by atoms with van der Waals surface area (Å²) in [5.41, 5.74) is 1.10. The van der Waals surface area contributed by atoms with E-state index in [0.717, 1.165) is 29.1 Å². The quantitative estimate of drug-likeness (QED) is 0.307. The number of hydrogen-bond donors (Lipinski definition) is 0. The van der Waals surface area contributed by atoms with Crippen LogP contribution in [0.5, 0.6) is 11.5 Å². The van der Waals surface area contributed by atoms with Crippen LogP contribution in [0.4, 0.5) is 4.39 Å². The molecule has 0 aliphatic heterocycles. The first-order valence-electron chi connectivity index (χ1n) is 9.59. The van der Waals surface area contributed by atoms with E-state index < -0.39 is 0 Å². The van der Waals surface area contributed by atoms with Crippen LogP contribution >= 0.6 is 15.9 Å². The van der Waals surface area contributed by atoms with Crippen LogP contribution in [-0.4, -0.2) is 21.0 Å². The molecule has 0 bridgehead atoms. The Bertz CT molecular complexity index is 1080. The molecule has 0 amide bonds. The number of hydrogen-bond acceptors (Lipinski definition) is 4. The highest BCUT2D eigenvalue weighted by Gasteiger charge is 2.11. The van der Waals surface area contributed by atoms with Gasteiger partial charge in [0.05, 0.1) is 12.9 Å². The van der Waals surface area contributed by atoms with Crippen molar-refractivity contribution in [1.82, 2.24) is 14.5 Å². The molecule has 0 radical (unpaired) electrons. The van der Waals surface area contributed by atoms with Gasteiger partial charge in [-0.3, -0.25) is 4.90 Å². The first-order chi connectivity index (χ1) is 14.6. The Labute approximate surface area is 182 Å². The number of rotatable bonds is 9. The number of benzene rings is 2. The molecule has 154 valence electrons. The number of nitrogens with zero attached hydrogens (tertiary/aromatic N) is 3. The molecule has 0 aliphatic rings. The smallest absolute Gasteiger partial charge is 0.169 e. The lowest BCUT2D eigenvalue weighted by molar-refractivity contribution is 0.225. The number of imidazole rings is 1. The average molecular weight is 470 g/mol. The second kappa shape index (κ2) is 9.73. The van der Waals surface area contributed by atoms with Crippen molar-refractivity contribution in [3.63, 3.8) is 0 Å². The van der Waals surface area contributed by atoms with Gasteiger partial charge in [-0.15, -0.1) is 0 Å². The zero-order valence-corrected chi connectivity index (χ0v) is 17.8. The maximum Gasteiger partial charge on any atom is 0.169 e. The second-order valence-electron chi connectivity index (χ2n) is 6.92. The molecule has 0 N–H and O–H groups in total. The Kier molecular flexibility index (Phi) is 6.61. The molecule has 2 aromatic heterocycles. The summed E-state index contributed by atoms with van der Waals surface area (Å²) in [4.78, 5) is 6.40. The summed E-state index contributed by atoms with van der Waals surface area (Å²) in [6.07, 6.45) is 5.55. The molecule has 0 fully saturated rings. The minimum absolute atomic E-state index is 0.320. The van der Waals surface area contributed by atoms with Gasteiger partial charge >= 0.3 is 0 Å². The predicted octanol–water partition coefficient (Wildman–Crippen LogP) is 5.87. The molecule has 0 spiro atoms. The monoisotopic (exact) mass is 469 g/mol. The SMILES string of the molecule is Fc1cccc(Oc2cccc(CN(CCn3ccnc3)Cc3ccc(Br)o3)c2)c1. The lowest BCUT2D eigenvalue weighted by Crippen LogP contribution is -2.26. The summed E-state index contributed by atoms with van der Waals surface area (Å²) in [6, 6.07) is 17.9. The third-order valence-corrected chi connectivity index (χ3v) is 5.00. The topological polar surface area (TPSA) is 43.4 Å². The Hall–Kier alpha value is -2.90. The lowest BCUT2D eigenvalue weighted by Gasteiger charge is -2.22. The van der Waals surface area contributed by atoms with E-state index in [4.69, 9.17) is 9.15 Å². The number of aromatic nitrogens is 2. The highest BCUT2D eigenvalue weighted by Crippen LogP contribution is 2.24. The standard InChI is InChI=1S/C23H21BrFN3O2/c24-23-8-7-22(30-23)16-28(12-11-27-10-9-26-17-27)15-18-3-1-5-20(13-18)29-21-6-2-4-19(25)14-21/h1-10,13-14,17H,11-12,15-16H2. The summed E-state index contributed by atoms with van der Waals surface area (Å²) in [7, 11) is 0. The molecule has 0 atom stereocenters. The van der Waals surface area contributed by atoms with E-state index in [9.17, 15) is 4.39 Å². The van der Waals surface area contributed by atoms with Gasteiger partial charge in [-0.25, -0.2) is 9.37 Å². The highest BCUT2D eigenvalue weighted by atomic mass is 79.9. The van der Waals surface area contributed by atoms with Gasteiger partial charge < -0.3 is 13.7 Å². The van der Waals surface area contributed by atoms with Crippen molar-refractivity contribution in [2.24, 2.45) is 0 Å². The summed E-state index contributed by atoms with van der Waals surface area (Å²) in [6.45, 7) is 3.04. The first-order valence-corrected chi connectivity index (χ1v) is 10.4. The molecule has 2 heterocycles. The van der Waals surface area contributed by atoms with Gasteiger partial charge in [0.1, 0.15) is 23.1 Å². The Balaban J connectivity index is 1.46. The van der Waals surface area contributed by atoms with Gasteiger partial charge in [0, 0.05) is 38.1 Å². The molecule has 0 saturated carbocycles. The van der Waals surface area contributed by atoms with Gasteiger partial charge in [0.2, 0.25) is 0 Å². The molecular weight excluding hydrogens is 449 g/mol. The average Bonchev–Trinajstić information content (AvgIpc) is 3.38. The normalized spacial score (nSPS) is 11.2. The Morgan fingerprint density at radius 1 is 1.03 bits per heavy atom. The maximum absolute atomic E-state index is 13.4. The number of ether oxygens (including phenoxy) is 1. The summed E-state index contributed by atoms with van der Waals surface area (Å²) in [5.74, 6) is 1.72.